The molecular weight excluding hydrogens is 266 g/mol. The number of phenolic OH excluding ortho intramolecular Hbond substituents is 2. The van der Waals surface area contributed by atoms with E-state index >= 15 is 0 Å². The van der Waals surface area contributed by atoms with Gasteiger partial charge in [0.1, 0.15) is 0 Å². The van der Waals surface area contributed by atoms with Crippen LogP contribution < -0.4 is 15.5 Å². The number of thiocarbonyl (C=S) groups is 1. The number of hydrogen-bond donors (Lipinski definition) is 4. The van der Waals surface area contributed by atoms with Crippen LogP contribution in [-0.4, -0.2) is 34.7 Å². The topological polar surface area (TPSA) is 86.1 Å². The first-order valence-corrected chi connectivity index (χ1v) is 6.04. The van der Waals surface area contributed by atoms with Crippen molar-refractivity contribution in [2.45, 2.75) is 19.9 Å². The van der Waals surface area contributed by atoms with Gasteiger partial charge in [-0.15, -0.1) is 0 Å². The summed E-state index contributed by atoms with van der Waals surface area (Å²) in [6, 6.07) is 3.12. The van der Waals surface area contributed by atoms with Crippen molar-refractivity contribution in [2.75, 3.05) is 7.11 Å². The summed E-state index contributed by atoms with van der Waals surface area (Å²) in [6.07, 6.45) is 1.45. The summed E-state index contributed by atoms with van der Waals surface area (Å²) in [5, 5.41) is 26.2. The molecule has 0 atom stereocenters. The first kappa shape index (κ1) is 15.0. The predicted octanol–water partition coefficient (Wildman–Crippen LogP) is 1.31. The summed E-state index contributed by atoms with van der Waals surface area (Å²) >= 11 is 4.99. The van der Waals surface area contributed by atoms with Crippen LogP contribution in [0.3, 0.4) is 0 Å². The molecule has 1 rings (SSSR count). The van der Waals surface area contributed by atoms with Gasteiger partial charge in [0, 0.05) is 11.6 Å². The highest BCUT2D eigenvalue weighted by atomic mass is 32.1. The molecule has 0 amide bonds. The lowest BCUT2D eigenvalue weighted by molar-refractivity contribution is 0.351. The molecule has 104 valence electrons. The maximum atomic E-state index is 9.49. The van der Waals surface area contributed by atoms with Crippen molar-refractivity contribution in [3.63, 3.8) is 0 Å². The van der Waals surface area contributed by atoms with E-state index < -0.39 is 0 Å². The summed E-state index contributed by atoms with van der Waals surface area (Å²) in [6.45, 7) is 3.92. The largest absolute Gasteiger partial charge is 0.504 e. The van der Waals surface area contributed by atoms with Crippen molar-refractivity contribution in [2.24, 2.45) is 5.10 Å². The Kier molecular flexibility index (Phi) is 5.37. The van der Waals surface area contributed by atoms with Gasteiger partial charge in [-0.3, -0.25) is 5.43 Å². The van der Waals surface area contributed by atoms with E-state index in [4.69, 9.17) is 17.0 Å². The minimum Gasteiger partial charge on any atom is -0.504 e. The Morgan fingerprint density at radius 1 is 1.42 bits per heavy atom. The van der Waals surface area contributed by atoms with Gasteiger partial charge in [-0.1, -0.05) is 0 Å². The van der Waals surface area contributed by atoms with Gasteiger partial charge in [0.15, 0.2) is 16.6 Å². The fourth-order valence-electron chi connectivity index (χ4n) is 1.30. The number of phenols is 2. The molecule has 0 aliphatic rings. The first-order valence-electron chi connectivity index (χ1n) is 5.63. The van der Waals surface area contributed by atoms with Crippen LogP contribution in [0, 0.1) is 0 Å². The number of rotatable bonds is 4. The van der Waals surface area contributed by atoms with Crippen molar-refractivity contribution in [3.8, 4) is 17.2 Å². The van der Waals surface area contributed by atoms with Crippen LogP contribution in [0.25, 0.3) is 0 Å². The number of methoxy groups -OCH3 is 1. The number of nitrogens with one attached hydrogen (secondary N) is 2. The molecule has 0 saturated heterocycles. The van der Waals surface area contributed by atoms with Crippen molar-refractivity contribution in [3.05, 3.63) is 17.7 Å². The standard InChI is InChI=1S/C12H17N3O3S/c1-7(2)14-12(19)15-13-6-8-4-9(16)11(17)10(5-8)18-3/h4-7,16-17H,1-3H3,(H2,14,15,19)/b13-6+. The zero-order valence-corrected chi connectivity index (χ0v) is 11.8. The van der Waals surface area contributed by atoms with Crippen LogP contribution in [0.15, 0.2) is 17.2 Å². The summed E-state index contributed by atoms with van der Waals surface area (Å²) in [4.78, 5) is 0. The quantitative estimate of drug-likeness (QED) is 0.288. The van der Waals surface area contributed by atoms with Crippen LogP contribution in [0.5, 0.6) is 17.2 Å². The second-order valence-electron chi connectivity index (χ2n) is 4.09. The highest BCUT2D eigenvalue weighted by Crippen LogP contribution is 2.35. The monoisotopic (exact) mass is 283 g/mol. The lowest BCUT2D eigenvalue weighted by Gasteiger charge is -2.09. The molecule has 0 aromatic heterocycles. The lowest BCUT2D eigenvalue weighted by Crippen LogP contribution is -2.36. The third-order valence-electron chi connectivity index (χ3n) is 2.10. The summed E-state index contributed by atoms with van der Waals surface area (Å²) in [7, 11) is 1.40. The van der Waals surface area contributed by atoms with Gasteiger partial charge in [-0.2, -0.15) is 5.10 Å². The van der Waals surface area contributed by atoms with Crippen molar-refractivity contribution >= 4 is 23.5 Å². The van der Waals surface area contributed by atoms with E-state index in [1.807, 2.05) is 13.8 Å². The molecule has 1 aromatic carbocycles. The van der Waals surface area contributed by atoms with Crippen LogP contribution in [0.4, 0.5) is 0 Å². The SMILES string of the molecule is COc1cc(/C=N/NC(=S)NC(C)C)cc(O)c1O. The van der Waals surface area contributed by atoms with Gasteiger partial charge in [-0.25, -0.2) is 0 Å². The Morgan fingerprint density at radius 2 is 2.11 bits per heavy atom. The summed E-state index contributed by atoms with van der Waals surface area (Å²) < 4.78 is 4.92. The maximum absolute atomic E-state index is 9.49. The molecule has 0 heterocycles. The molecule has 1 aromatic rings. The second-order valence-corrected chi connectivity index (χ2v) is 4.50. The van der Waals surface area contributed by atoms with E-state index in [-0.39, 0.29) is 23.3 Å². The van der Waals surface area contributed by atoms with Gasteiger partial charge in [-0.05, 0) is 38.2 Å². The van der Waals surface area contributed by atoms with Gasteiger partial charge in [0.05, 0.1) is 13.3 Å². The molecule has 0 radical (unpaired) electrons. The molecule has 0 saturated carbocycles. The number of nitrogens with zero attached hydrogens (tertiary/aromatic N) is 1. The zero-order valence-electron chi connectivity index (χ0n) is 11.0. The molecule has 0 fully saturated rings. The minimum atomic E-state index is -0.301. The van der Waals surface area contributed by atoms with E-state index in [0.29, 0.717) is 10.7 Å². The summed E-state index contributed by atoms with van der Waals surface area (Å²) in [5.74, 6) is -0.405. The Labute approximate surface area is 117 Å². The Bertz CT molecular complexity index is 489. The molecule has 7 heteroatoms. The Hall–Kier alpha value is -2.02. The van der Waals surface area contributed by atoms with Crippen LogP contribution in [0.2, 0.25) is 0 Å². The first-order chi connectivity index (χ1) is 8.93. The molecule has 19 heavy (non-hydrogen) atoms. The lowest BCUT2D eigenvalue weighted by atomic mass is 10.2. The third kappa shape index (κ3) is 4.63. The normalized spacial score (nSPS) is 10.7. The smallest absolute Gasteiger partial charge is 0.200 e. The van der Waals surface area contributed by atoms with Gasteiger partial charge < -0.3 is 20.3 Å². The number of benzene rings is 1. The third-order valence-corrected chi connectivity index (χ3v) is 2.31. The Balaban J connectivity index is 2.72. The van der Waals surface area contributed by atoms with Gasteiger partial charge in [0.25, 0.3) is 0 Å². The minimum absolute atomic E-state index is 0.171. The number of ether oxygens (including phenoxy) is 1. The molecule has 0 aliphatic heterocycles. The maximum Gasteiger partial charge on any atom is 0.200 e. The van der Waals surface area contributed by atoms with Gasteiger partial charge in [0.2, 0.25) is 5.75 Å². The number of hydrazone groups is 1. The molecule has 0 aliphatic carbocycles. The van der Waals surface area contributed by atoms with Gasteiger partial charge >= 0.3 is 0 Å². The van der Waals surface area contributed by atoms with E-state index in [2.05, 4.69) is 15.8 Å². The molecule has 0 bridgehead atoms. The molecule has 6 nitrogen and oxygen atoms in total. The average molecular weight is 283 g/mol. The van der Waals surface area contributed by atoms with Crippen molar-refractivity contribution in [1.29, 1.82) is 0 Å². The molecule has 0 spiro atoms. The van der Waals surface area contributed by atoms with E-state index in [9.17, 15) is 10.2 Å². The predicted molar refractivity (Wildman–Crippen MR) is 77.9 cm³/mol. The summed E-state index contributed by atoms with van der Waals surface area (Å²) in [5.41, 5.74) is 3.20. The molecule has 0 unspecified atom stereocenters. The van der Waals surface area contributed by atoms with E-state index in [1.54, 1.807) is 6.07 Å². The van der Waals surface area contributed by atoms with Crippen LogP contribution in [-0.2, 0) is 0 Å². The zero-order chi connectivity index (χ0) is 14.4. The fraction of sp³-hybridized carbons (Fsp3) is 0.333. The second kappa shape index (κ2) is 6.79. The number of hydrogen-bond acceptors (Lipinski definition) is 5. The molecular formula is C12H17N3O3S. The van der Waals surface area contributed by atoms with Crippen LogP contribution in [0.1, 0.15) is 19.4 Å². The van der Waals surface area contributed by atoms with Crippen LogP contribution >= 0.6 is 12.2 Å². The highest BCUT2D eigenvalue weighted by molar-refractivity contribution is 7.80. The van der Waals surface area contributed by atoms with E-state index in [1.165, 1.54) is 19.4 Å². The average Bonchev–Trinajstić information content (AvgIpc) is 2.32. The Morgan fingerprint density at radius 3 is 2.68 bits per heavy atom. The van der Waals surface area contributed by atoms with Crippen molar-refractivity contribution < 1.29 is 14.9 Å². The fourth-order valence-corrected chi connectivity index (χ4v) is 1.59. The molecule has 4 N–H and O–H groups in total. The highest BCUT2D eigenvalue weighted by Gasteiger charge is 2.08. The number of aromatic hydroxyl groups is 2. The van der Waals surface area contributed by atoms with E-state index in [0.717, 1.165) is 0 Å². The van der Waals surface area contributed by atoms with Crippen molar-refractivity contribution in [1.82, 2.24) is 10.7 Å².